The number of hydrogen-bond donors (Lipinski definition) is 2. The number of carbonyl (C=O) groups excluding carboxylic acids is 1. The second-order valence-electron chi connectivity index (χ2n) is 5.82. The van der Waals surface area contributed by atoms with Gasteiger partial charge in [-0.3, -0.25) is 14.2 Å². The van der Waals surface area contributed by atoms with E-state index in [0.29, 0.717) is 12.2 Å². The maximum atomic E-state index is 12.5. The molecule has 9 heteroatoms. The molecular formula is C18H17ClN4O3S. The summed E-state index contributed by atoms with van der Waals surface area (Å²) >= 11 is 6.13. The lowest BCUT2D eigenvalue weighted by Crippen LogP contribution is -2.14. The zero-order valence-electron chi connectivity index (χ0n) is 14.4. The van der Waals surface area contributed by atoms with Crippen molar-refractivity contribution in [2.75, 3.05) is 10.0 Å². The highest BCUT2D eigenvalue weighted by molar-refractivity contribution is 7.92. The minimum Gasteiger partial charge on any atom is -0.326 e. The zero-order valence-corrected chi connectivity index (χ0v) is 16.0. The number of anilines is 2. The van der Waals surface area contributed by atoms with Gasteiger partial charge in [0.1, 0.15) is 5.02 Å². The third-order valence-corrected chi connectivity index (χ3v) is 5.25. The van der Waals surface area contributed by atoms with Crippen molar-refractivity contribution in [3.8, 4) is 0 Å². The van der Waals surface area contributed by atoms with Gasteiger partial charge < -0.3 is 5.32 Å². The van der Waals surface area contributed by atoms with Crippen LogP contribution in [-0.4, -0.2) is 24.1 Å². The number of rotatable bonds is 6. The molecule has 3 rings (SSSR count). The molecule has 0 radical (unpaired) electrons. The molecule has 27 heavy (non-hydrogen) atoms. The molecule has 0 saturated carbocycles. The number of halogens is 1. The molecular weight excluding hydrogens is 388 g/mol. The van der Waals surface area contributed by atoms with Crippen molar-refractivity contribution in [3.05, 3.63) is 71.4 Å². The monoisotopic (exact) mass is 404 g/mol. The summed E-state index contributed by atoms with van der Waals surface area (Å²) in [6.45, 7) is 1.84. The standard InChI is InChI=1S/C18H17ClN4O3S/c1-13(24)20-15-7-9-16(10-8-15)27(25,26)22-18-17(19)12-23(21-18)11-14-5-3-2-4-6-14/h2-10,12H,11H2,1H3,(H,20,24)(H,21,22). The van der Waals surface area contributed by atoms with Crippen LogP contribution >= 0.6 is 11.6 Å². The number of carbonyl (C=O) groups is 1. The summed E-state index contributed by atoms with van der Waals surface area (Å²) in [5.41, 5.74) is 1.52. The van der Waals surface area contributed by atoms with Crippen LogP contribution in [0.15, 0.2) is 65.7 Å². The second-order valence-corrected chi connectivity index (χ2v) is 7.91. The fourth-order valence-corrected chi connectivity index (χ4v) is 3.70. The number of amides is 1. The summed E-state index contributed by atoms with van der Waals surface area (Å²) in [4.78, 5) is 11.1. The number of nitrogens with zero attached hydrogens (tertiary/aromatic N) is 2. The topological polar surface area (TPSA) is 93.1 Å². The maximum absolute atomic E-state index is 12.5. The van der Waals surface area contributed by atoms with Gasteiger partial charge in [0.25, 0.3) is 10.0 Å². The summed E-state index contributed by atoms with van der Waals surface area (Å²) < 4.78 is 29.1. The number of benzene rings is 2. The molecule has 0 saturated heterocycles. The third kappa shape index (κ3) is 4.87. The highest BCUT2D eigenvalue weighted by atomic mass is 35.5. The maximum Gasteiger partial charge on any atom is 0.263 e. The van der Waals surface area contributed by atoms with Crippen LogP contribution in [0.25, 0.3) is 0 Å². The Balaban J connectivity index is 1.76. The molecule has 1 amide bonds. The molecule has 0 unspecified atom stereocenters. The quantitative estimate of drug-likeness (QED) is 0.658. The van der Waals surface area contributed by atoms with Gasteiger partial charge in [-0.1, -0.05) is 41.9 Å². The second kappa shape index (κ2) is 7.81. The molecule has 0 bridgehead atoms. The van der Waals surface area contributed by atoms with Gasteiger partial charge in [0, 0.05) is 18.8 Å². The van der Waals surface area contributed by atoms with Gasteiger partial charge in [-0.15, -0.1) is 0 Å². The van der Waals surface area contributed by atoms with Crippen LogP contribution in [0, 0.1) is 0 Å². The zero-order chi connectivity index (χ0) is 19.4. The van der Waals surface area contributed by atoms with Crippen LogP contribution in [0.3, 0.4) is 0 Å². The Morgan fingerprint density at radius 3 is 2.41 bits per heavy atom. The SMILES string of the molecule is CC(=O)Nc1ccc(S(=O)(=O)Nc2nn(Cc3ccccc3)cc2Cl)cc1. The Bertz CT molecular complexity index is 1050. The fourth-order valence-electron chi connectivity index (χ4n) is 2.42. The number of nitrogens with one attached hydrogen (secondary N) is 2. The molecule has 0 atom stereocenters. The van der Waals surface area contributed by atoms with Crippen LogP contribution in [0.1, 0.15) is 12.5 Å². The summed E-state index contributed by atoms with van der Waals surface area (Å²) in [7, 11) is -3.86. The Labute approximate surface area is 162 Å². The van der Waals surface area contributed by atoms with Crippen molar-refractivity contribution in [1.82, 2.24) is 9.78 Å². The van der Waals surface area contributed by atoms with Gasteiger partial charge in [0.05, 0.1) is 11.4 Å². The molecule has 2 N–H and O–H groups in total. The van der Waals surface area contributed by atoms with Crippen LogP contribution in [0.5, 0.6) is 0 Å². The first-order valence-electron chi connectivity index (χ1n) is 8.01. The largest absolute Gasteiger partial charge is 0.326 e. The number of aromatic nitrogens is 2. The van der Waals surface area contributed by atoms with Crippen LogP contribution in [-0.2, 0) is 21.4 Å². The molecule has 0 aliphatic carbocycles. The Morgan fingerprint density at radius 1 is 1.11 bits per heavy atom. The van der Waals surface area contributed by atoms with Crippen molar-refractivity contribution in [3.63, 3.8) is 0 Å². The van der Waals surface area contributed by atoms with E-state index >= 15 is 0 Å². The lowest BCUT2D eigenvalue weighted by atomic mass is 10.2. The van der Waals surface area contributed by atoms with Crippen molar-refractivity contribution in [1.29, 1.82) is 0 Å². The molecule has 7 nitrogen and oxygen atoms in total. The van der Waals surface area contributed by atoms with E-state index in [-0.39, 0.29) is 21.6 Å². The fraction of sp³-hybridized carbons (Fsp3) is 0.111. The van der Waals surface area contributed by atoms with E-state index in [0.717, 1.165) is 5.56 Å². The van der Waals surface area contributed by atoms with Gasteiger partial charge >= 0.3 is 0 Å². The average molecular weight is 405 g/mol. The first-order chi connectivity index (χ1) is 12.8. The van der Waals surface area contributed by atoms with Gasteiger partial charge in [0.2, 0.25) is 5.91 Å². The molecule has 1 heterocycles. The van der Waals surface area contributed by atoms with Crippen molar-refractivity contribution >= 4 is 39.0 Å². The summed E-state index contributed by atoms with van der Waals surface area (Å²) in [5, 5.41) is 6.99. The van der Waals surface area contributed by atoms with E-state index < -0.39 is 10.0 Å². The summed E-state index contributed by atoms with van der Waals surface area (Å²) in [5.74, 6) is -0.182. The number of sulfonamides is 1. The Kier molecular flexibility index (Phi) is 5.48. The van der Waals surface area contributed by atoms with E-state index in [4.69, 9.17) is 11.6 Å². The minimum absolute atomic E-state index is 0.0327. The molecule has 0 fully saturated rings. The smallest absolute Gasteiger partial charge is 0.263 e. The van der Waals surface area contributed by atoms with E-state index in [1.165, 1.54) is 31.2 Å². The predicted molar refractivity (Wildman–Crippen MR) is 104 cm³/mol. The third-order valence-electron chi connectivity index (χ3n) is 3.62. The molecule has 3 aromatic rings. The summed E-state index contributed by atoms with van der Waals surface area (Å²) in [6, 6.07) is 15.4. The van der Waals surface area contributed by atoms with Crippen LogP contribution < -0.4 is 10.0 Å². The molecule has 1 aromatic heterocycles. The summed E-state index contributed by atoms with van der Waals surface area (Å²) in [6.07, 6.45) is 1.56. The van der Waals surface area contributed by atoms with E-state index in [1.54, 1.807) is 10.9 Å². The van der Waals surface area contributed by atoms with Gasteiger partial charge in [-0.25, -0.2) is 8.42 Å². The number of hydrogen-bond acceptors (Lipinski definition) is 4. The predicted octanol–water partition coefficient (Wildman–Crippen LogP) is 3.34. The van der Waals surface area contributed by atoms with Crippen LogP contribution in [0.2, 0.25) is 5.02 Å². The molecule has 0 spiro atoms. The van der Waals surface area contributed by atoms with Crippen molar-refractivity contribution in [2.24, 2.45) is 0 Å². The van der Waals surface area contributed by atoms with E-state index in [1.807, 2.05) is 30.3 Å². The lowest BCUT2D eigenvalue weighted by molar-refractivity contribution is -0.114. The Morgan fingerprint density at radius 2 is 1.78 bits per heavy atom. The van der Waals surface area contributed by atoms with Crippen LogP contribution in [0.4, 0.5) is 11.5 Å². The first kappa shape index (κ1) is 18.9. The Hall–Kier alpha value is -2.84. The normalized spacial score (nSPS) is 11.2. The van der Waals surface area contributed by atoms with Gasteiger partial charge in [0.15, 0.2) is 5.82 Å². The van der Waals surface area contributed by atoms with Gasteiger partial charge in [-0.2, -0.15) is 5.10 Å². The van der Waals surface area contributed by atoms with Crippen molar-refractivity contribution in [2.45, 2.75) is 18.4 Å². The average Bonchev–Trinajstić information content (AvgIpc) is 2.94. The van der Waals surface area contributed by atoms with Gasteiger partial charge in [-0.05, 0) is 29.8 Å². The molecule has 0 aliphatic heterocycles. The highest BCUT2D eigenvalue weighted by Gasteiger charge is 2.18. The highest BCUT2D eigenvalue weighted by Crippen LogP contribution is 2.24. The van der Waals surface area contributed by atoms with E-state index in [2.05, 4.69) is 15.1 Å². The first-order valence-corrected chi connectivity index (χ1v) is 9.87. The molecule has 2 aromatic carbocycles. The molecule has 140 valence electrons. The van der Waals surface area contributed by atoms with E-state index in [9.17, 15) is 13.2 Å². The van der Waals surface area contributed by atoms with Crippen molar-refractivity contribution < 1.29 is 13.2 Å². The molecule has 0 aliphatic rings. The lowest BCUT2D eigenvalue weighted by Gasteiger charge is -2.07. The minimum atomic E-state index is -3.86.